The fraction of sp³-hybridized carbons (Fsp3) is 0.0769. The highest BCUT2D eigenvalue weighted by atomic mass is 16.3. The number of fused-ring (bicyclic) bond motifs is 1. The van der Waals surface area contributed by atoms with E-state index < -0.39 is 0 Å². The standard InChI is InChI=1S/C13H11N3O2/c17-13(14-8-10-4-3-7-18-10)11-9-15-16-6-2-1-5-12(11)16/h1-7,9H,8H2,(H,14,17). The summed E-state index contributed by atoms with van der Waals surface area (Å²) in [5.74, 6) is 0.562. The molecule has 3 rings (SSSR count). The number of hydrogen-bond donors (Lipinski definition) is 1. The van der Waals surface area contributed by atoms with Crippen LogP contribution in [0.2, 0.25) is 0 Å². The third-order valence-corrected chi connectivity index (χ3v) is 2.67. The van der Waals surface area contributed by atoms with Crippen molar-refractivity contribution in [3.8, 4) is 0 Å². The van der Waals surface area contributed by atoms with E-state index in [0.29, 0.717) is 12.1 Å². The van der Waals surface area contributed by atoms with Crippen molar-refractivity contribution >= 4 is 11.4 Å². The lowest BCUT2D eigenvalue weighted by Gasteiger charge is -2.01. The third kappa shape index (κ3) is 1.86. The van der Waals surface area contributed by atoms with Crippen molar-refractivity contribution in [3.05, 3.63) is 60.3 Å². The molecule has 0 spiro atoms. The summed E-state index contributed by atoms with van der Waals surface area (Å²) in [7, 11) is 0. The molecule has 0 unspecified atom stereocenters. The molecule has 0 radical (unpaired) electrons. The maximum atomic E-state index is 12.0. The Morgan fingerprint density at radius 1 is 1.33 bits per heavy atom. The van der Waals surface area contributed by atoms with Crippen LogP contribution in [0.5, 0.6) is 0 Å². The average Bonchev–Trinajstić information content (AvgIpc) is 3.05. The molecule has 3 aromatic heterocycles. The van der Waals surface area contributed by atoms with E-state index in [9.17, 15) is 4.79 Å². The highest BCUT2D eigenvalue weighted by molar-refractivity contribution is 6.00. The Balaban J connectivity index is 1.80. The maximum Gasteiger partial charge on any atom is 0.255 e. The van der Waals surface area contributed by atoms with Gasteiger partial charge in [0.2, 0.25) is 0 Å². The van der Waals surface area contributed by atoms with Gasteiger partial charge in [-0.2, -0.15) is 5.10 Å². The lowest BCUT2D eigenvalue weighted by atomic mass is 10.2. The third-order valence-electron chi connectivity index (χ3n) is 2.67. The second kappa shape index (κ2) is 4.37. The van der Waals surface area contributed by atoms with Gasteiger partial charge in [0.15, 0.2) is 0 Å². The van der Waals surface area contributed by atoms with Crippen LogP contribution in [-0.4, -0.2) is 15.5 Å². The van der Waals surface area contributed by atoms with Crippen molar-refractivity contribution in [1.82, 2.24) is 14.9 Å². The molecule has 1 N–H and O–H groups in total. The molecule has 0 aliphatic heterocycles. The number of pyridine rings is 1. The van der Waals surface area contributed by atoms with Gasteiger partial charge in [-0.05, 0) is 24.3 Å². The first-order chi connectivity index (χ1) is 8.84. The molecular formula is C13H11N3O2. The maximum absolute atomic E-state index is 12.0. The number of rotatable bonds is 3. The number of carbonyl (C=O) groups is 1. The minimum Gasteiger partial charge on any atom is -0.467 e. The van der Waals surface area contributed by atoms with Crippen LogP contribution in [0.15, 0.2) is 53.4 Å². The number of nitrogens with one attached hydrogen (secondary N) is 1. The van der Waals surface area contributed by atoms with Crippen LogP contribution in [0, 0.1) is 0 Å². The summed E-state index contributed by atoms with van der Waals surface area (Å²) in [4.78, 5) is 12.0. The predicted molar refractivity (Wildman–Crippen MR) is 65.1 cm³/mol. The highest BCUT2D eigenvalue weighted by Gasteiger charge is 2.11. The van der Waals surface area contributed by atoms with Gasteiger partial charge in [0.05, 0.1) is 30.1 Å². The molecular weight excluding hydrogens is 230 g/mol. The Hall–Kier alpha value is -2.56. The van der Waals surface area contributed by atoms with Crippen LogP contribution in [0.1, 0.15) is 16.1 Å². The molecule has 5 heteroatoms. The molecule has 0 saturated heterocycles. The van der Waals surface area contributed by atoms with Crippen LogP contribution in [-0.2, 0) is 6.54 Å². The van der Waals surface area contributed by atoms with E-state index in [4.69, 9.17) is 4.42 Å². The number of hydrogen-bond acceptors (Lipinski definition) is 3. The van der Waals surface area contributed by atoms with Crippen LogP contribution in [0.25, 0.3) is 5.52 Å². The van der Waals surface area contributed by atoms with Crippen molar-refractivity contribution in [2.24, 2.45) is 0 Å². The summed E-state index contributed by atoms with van der Waals surface area (Å²) in [6, 6.07) is 9.20. The van der Waals surface area contributed by atoms with Crippen molar-refractivity contribution in [2.45, 2.75) is 6.54 Å². The van der Waals surface area contributed by atoms with Crippen molar-refractivity contribution < 1.29 is 9.21 Å². The van der Waals surface area contributed by atoms with Gasteiger partial charge >= 0.3 is 0 Å². The van der Waals surface area contributed by atoms with Crippen LogP contribution in [0.4, 0.5) is 0 Å². The molecule has 1 amide bonds. The second-order valence-corrected chi connectivity index (χ2v) is 3.85. The number of aromatic nitrogens is 2. The molecule has 0 aliphatic carbocycles. The van der Waals surface area contributed by atoms with Crippen molar-refractivity contribution in [1.29, 1.82) is 0 Å². The Morgan fingerprint density at radius 3 is 3.11 bits per heavy atom. The summed E-state index contributed by atoms with van der Waals surface area (Å²) in [6.45, 7) is 0.371. The molecule has 0 aromatic carbocycles. The predicted octanol–water partition coefficient (Wildman–Crippen LogP) is 1.86. The average molecular weight is 241 g/mol. The van der Waals surface area contributed by atoms with Gasteiger partial charge in [-0.25, -0.2) is 4.52 Å². The Bertz CT molecular complexity index is 670. The molecule has 3 aromatic rings. The van der Waals surface area contributed by atoms with Gasteiger partial charge in [0.1, 0.15) is 5.76 Å². The molecule has 5 nitrogen and oxygen atoms in total. The molecule has 0 bridgehead atoms. The minimum absolute atomic E-state index is 0.160. The Labute approximate surface area is 103 Å². The number of furan rings is 1. The smallest absolute Gasteiger partial charge is 0.255 e. The van der Waals surface area contributed by atoms with E-state index in [1.807, 2.05) is 24.3 Å². The van der Waals surface area contributed by atoms with Crippen molar-refractivity contribution in [3.63, 3.8) is 0 Å². The zero-order chi connectivity index (χ0) is 12.4. The van der Waals surface area contributed by atoms with E-state index in [2.05, 4.69) is 10.4 Å². The van der Waals surface area contributed by atoms with E-state index >= 15 is 0 Å². The van der Waals surface area contributed by atoms with Crippen molar-refractivity contribution in [2.75, 3.05) is 0 Å². The molecule has 90 valence electrons. The van der Waals surface area contributed by atoms with Gasteiger partial charge < -0.3 is 9.73 Å². The molecule has 0 saturated carbocycles. The molecule has 18 heavy (non-hydrogen) atoms. The van der Waals surface area contributed by atoms with Gasteiger partial charge in [-0.3, -0.25) is 4.79 Å². The summed E-state index contributed by atoms with van der Waals surface area (Å²) in [5, 5.41) is 6.91. The second-order valence-electron chi connectivity index (χ2n) is 3.85. The van der Waals surface area contributed by atoms with E-state index in [1.54, 1.807) is 29.2 Å². The van der Waals surface area contributed by atoms with Gasteiger partial charge in [0.25, 0.3) is 5.91 Å². The van der Waals surface area contributed by atoms with Gasteiger partial charge in [0, 0.05) is 6.20 Å². The normalized spacial score (nSPS) is 10.7. The molecule has 0 fully saturated rings. The first-order valence-electron chi connectivity index (χ1n) is 5.57. The summed E-state index contributed by atoms with van der Waals surface area (Å²) in [5.41, 5.74) is 1.34. The van der Waals surface area contributed by atoms with Crippen LogP contribution >= 0.6 is 0 Å². The highest BCUT2D eigenvalue weighted by Crippen LogP contribution is 2.10. The number of carbonyl (C=O) groups excluding carboxylic acids is 1. The molecule has 3 heterocycles. The van der Waals surface area contributed by atoms with E-state index in [-0.39, 0.29) is 5.91 Å². The fourth-order valence-corrected chi connectivity index (χ4v) is 1.79. The zero-order valence-electron chi connectivity index (χ0n) is 9.54. The zero-order valence-corrected chi connectivity index (χ0v) is 9.54. The first-order valence-corrected chi connectivity index (χ1v) is 5.57. The van der Waals surface area contributed by atoms with E-state index in [0.717, 1.165) is 11.3 Å². The monoisotopic (exact) mass is 241 g/mol. The molecule has 0 aliphatic rings. The number of nitrogens with zero attached hydrogens (tertiary/aromatic N) is 2. The van der Waals surface area contributed by atoms with E-state index in [1.165, 1.54) is 0 Å². The summed E-state index contributed by atoms with van der Waals surface area (Å²) in [6.07, 6.45) is 4.95. The Kier molecular flexibility index (Phi) is 2.57. The van der Waals surface area contributed by atoms with Crippen LogP contribution in [0.3, 0.4) is 0 Å². The quantitative estimate of drug-likeness (QED) is 0.761. The lowest BCUT2D eigenvalue weighted by molar-refractivity contribution is 0.0949. The van der Waals surface area contributed by atoms with Gasteiger partial charge in [-0.1, -0.05) is 6.07 Å². The topological polar surface area (TPSA) is 59.5 Å². The fourth-order valence-electron chi connectivity index (χ4n) is 1.79. The van der Waals surface area contributed by atoms with Gasteiger partial charge in [-0.15, -0.1) is 0 Å². The van der Waals surface area contributed by atoms with Crippen LogP contribution < -0.4 is 5.32 Å². The summed E-state index contributed by atoms with van der Waals surface area (Å²) < 4.78 is 6.82. The SMILES string of the molecule is O=C(NCc1ccco1)c1cnn2ccccc12. The Morgan fingerprint density at radius 2 is 2.28 bits per heavy atom. The largest absolute Gasteiger partial charge is 0.467 e. The first kappa shape index (κ1) is 10.6. The molecule has 0 atom stereocenters. The minimum atomic E-state index is -0.160. The lowest BCUT2D eigenvalue weighted by Crippen LogP contribution is -2.22. The summed E-state index contributed by atoms with van der Waals surface area (Å²) >= 11 is 0. The number of amides is 1.